The van der Waals surface area contributed by atoms with E-state index in [1.807, 2.05) is 12.1 Å². The first-order chi connectivity index (χ1) is 10.6. The average Bonchev–Trinajstić information content (AvgIpc) is 2.55. The first-order valence-corrected chi connectivity index (χ1v) is 6.88. The molecule has 0 spiro atoms. The molecule has 2 rings (SSSR count). The molecule has 0 fully saturated rings. The monoisotopic (exact) mass is 301 g/mol. The Morgan fingerprint density at radius 3 is 2.23 bits per heavy atom. The lowest BCUT2D eigenvalue weighted by atomic mass is 10.2. The molecule has 0 aliphatic heterocycles. The predicted octanol–water partition coefficient (Wildman–Crippen LogP) is 3.11. The summed E-state index contributed by atoms with van der Waals surface area (Å²) >= 11 is 0. The van der Waals surface area contributed by atoms with Gasteiger partial charge in [0.05, 0.1) is 14.2 Å². The molecule has 0 aliphatic carbocycles. The van der Waals surface area contributed by atoms with Crippen molar-refractivity contribution in [1.29, 1.82) is 0 Å². The summed E-state index contributed by atoms with van der Waals surface area (Å²) in [6.07, 6.45) is -0.630. The molecule has 0 heterocycles. The number of benzene rings is 2. The summed E-state index contributed by atoms with van der Waals surface area (Å²) in [4.78, 5) is 12.1. The van der Waals surface area contributed by atoms with Gasteiger partial charge in [0.2, 0.25) is 0 Å². The van der Waals surface area contributed by atoms with Crippen LogP contribution in [0.15, 0.2) is 48.5 Å². The van der Waals surface area contributed by atoms with Crippen LogP contribution in [0, 0.1) is 0 Å². The molecular weight excluding hydrogens is 282 g/mol. The van der Waals surface area contributed by atoms with E-state index >= 15 is 0 Å². The number of rotatable bonds is 6. The largest absolute Gasteiger partial charge is 0.497 e. The average molecular weight is 301 g/mol. The maximum Gasteiger partial charge on any atom is 0.265 e. The first-order valence-electron chi connectivity index (χ1n) is 6.88. The van der Waals surface area contributed by atoms with Crippen molar-refractivity contribution in [2.24, 2.45) is 0 Å². The molecule has 5 nitrogen and oxygen atoms in total. The molecule has 1 N–H and O–H groups in total. The standard InChI is InChI=1S/C17H19NO4/c1-12(22-16-6-4-5-15(11-16)21-3)17(19)18-13-7-9-14(20-2)10-8-13/h4-12H,1-3H3,(H,18,19)/t12-/m0/s1. The number of methoxy groups -OCH3 is 2. The summed E-state index contributed by atoms with van der Waals surface area (Å²) in [5, 5.41) is 2.79. The van der Waals surface area contributed by atoms with Crippen molar-refractivity contribution in [3.05, 3.63) is 48.5 Å². The van der Waals surface area contributed by atoms with Crippen LogP contribution in [0.5, 0.6) is 17.2 Å². The normalized spacial score (nSPS) is 11.4. The van der Waals surface area contributed by atoms with Gasteiger partial charge in [-0.2, -0.15) is 0 Å². The summed E-state index contributed by atoms with van der Waals surface area (Å²) < 4.78 is 15.8. The molecule has 0 aliphatic rings. The fraction of sp³-hybridized carbons (Fsp3) is 0.235. The van der Waals surface area contributed by atoms with Crippen molar-refractivity contribution in [2.75, 3.05) is 19.5 Å². The van der Waals surface area contributed by atoms with Crippen LogP contribution < -0.4 is 19.5 Å². The second-order valence-corrected chi connectivity index (χ2v) is 4.66. The van der Waals surface area contributed by atoms with Gasteiger partial charge in [0.15, 0.2) is 6.10 Å². The van der Waals surface area contributed by atoms with Crippen LogP contribution in [0.2, 0.25) is 0 Å². The fourth-order valence-electron chi connectivity index (χ4n) is 1.85. The minimum absolute atomic E-state index is 0.229. The lowest BCUT2D eigenvalue weighted by molar-refractivity contribution is -0.122. The van der Waals surface area contributed by atoms with Gasteiger partial charge >= 0.3 is 0 Å². The summed E-state index contributed by atoms with van der Waals surface area (Å²) in [5.74, 6) is 1.77. The molecule has 1 amide bonds. The number of ether oxygens (including phenoxy) is 3. The molecule has 0 saturated carbocycles. The highest BCUT2D eigenvalue weighted by atomic mass is 16.5. The molecule has 0 saturated heterocycles. The van der Waals surface area contributed by atoms with Crippen LogP contribution in [0.3, 0.4) is 0 Å². The van der Waals surface area contributed by atoms with Crippen LogP contribution in [0.4, 0.5) is 5.69 Å². The van der Waals surface area contributed by atoms with E-state index in [1.165, 1.54) is 0 Å². The molecule has 0 aromatic heterocycles. The quantitative estimate of drug-likeness (QED) is 0.890. The zero-order valence-electron chi connectivity index (χ0n) is 12.8. The topological polar surface area (TPSA) is 56.8 Å². The molecular formula is C17H19NO4. The molecule has 5 heteroatoms. The van der Waals surface area contributed by atoms with E-state index in [4.69, 9.17) is 14.2 Å². The van der Waals surface area contributed by atoms with E-state index in [-0.39, 0.29) is 5.91 Å². The molecule has 116 valence electrons. The number of hydrogen-bond acceptors (Lipinski definition) is 4. The second kappa shape index (κ2) is 7.36. The number of carbonyl (C=O) groups is 1. The van der Waals surface area contributed by atoms with Crippen molar-refractivity contribution < 1.29 is 19.0 Å². The number of nitrogens with one attached hydrogen (secondary N) is 1. The Morgan fingerprint density at radius 2 is 1.59 bits per heavy atom. The molecule has 1 atom stereocenters. The third-order valence-corrected chi connectivity index (χ3v) is 3.08. The minimum Gasteiger partial charge on any atom is -0.497 e. The molecule has 2 aromatic rings. The van der Waals surface area contributed by atoms with Crippen molar-refractivity contribution in [2.45, 2.75) is 13.0 Å². The van der Waals surface area contributed by atoms with Gasteiger partial charge in [-0.05, 0) is 43.3 Å². The van der Waals surface area contributed by atoms with Crippen LogP contribution in [-0.4, -0.2) is 26.2 Å². The summed E-state index contributed by atoms with van der Waals surface area (Å²) in [6.45, 7) is 1.69. The van der Waals surface area contributed by atoms with Crippen molar-refractivity contribution in [3.8, 4) is 17.2 Å². The van der Waals surface area contributed by atoms with Gasteiger partial charge in [-0.15, -0.1) is 0 Å². The van der Waals surface area contributed by atoms with E-state index < -0.39 is 6.10 Å². The first kappa shape index (κ1) is 15.7. The van der Waals surface area contributed by atoms with E-state index in [1.54, 1.807) is 57.5 Å². The van der Waals surface area contributed by atoms with E-state index in [2.05, 4.69) is 5.32 Å². The third-order valence-electron chi connectivity index (χ3n) is 3.08. The Morgan fingerprint density at radius 1 is 0.955 bits per heavy atom. The number of anilines is 1. The Hall–Kier alpha value is -2.69. The van der Waals surface area contributed by atoms with E-state index in [0.717, 1.165) is 5.75 Å². The summed E-state index contributed by atoms with van der Waals surface area (Å²) in [7, 11) is 3.18. The van der Waals surface area contributed by atoms with Crippen LogP contribution in [0.1, 0.15) is 6.92 Å². The van der Waals surface area contributed by atoms with E-state index in [0.29, 0.717) is 17.2 Å². The highest BCUT2D eigenvalue weighted by molar-refractivity contribution is 5.94. The smallest absolute Gasteiger partial charge is 0.265 e. The van der Waals surface area contributed by atoms with Crippen LogP contribution in [0.25, 0.3) is 0 Å². The molecule has 0 bridgehead atoms. The number of hydrogen-bond donors (Lipinski definition) is 1. The van der Waals surface area contributed by atoms with Crippen LogP contribution >= 0.6 is 0 Å². The van der Waals surface area contributed by atoms with Crippen molar-refractivity contribution >= 4 is 11.6 Å². The van der Waals surface area contributed by atoms with Crippen LogP contribution in [-0.2, 0) is 4.79 Å². The maximum absolute atomic E-state index is 12.1. The SMILES string of the molecule is COc1ccc(NC(=O)[C@H](C)Oc2cccc(OC)c2)cc1. The third kappa shape index (κ3) is 4.15. The molecule has 0 unspecified atom stereocenters. The van der Waals surface area contributed by atoms with E-state index in [9.17, 15) is 4.79 Å². The predicted molar refractivity (Wildman–Crippen MR) is 84.7 cm³/mol. The van der Waals surface area contributed by atoms with Gasteiger partial charge in [-0.25, -0.2) is 0 Å². The van der Waals surface area contributed by atoms with Gasteiger partial charge in [0, 0.05) is 11.8 Å². The maximum atomic E-state index is 12.1. The zero-order valence-corrected chi connectivity index (χ0v) is 12.8. The van der Waals surface area contributed by atoms with Gasteiger partial charge in [0.1, 0.15) is 17.2 Å². The van der Waals surface area contributed by atoms with Gasteiger partial charge in [-0.3, -0.25) is 4.79 Å². The Kier molecular flexibility index (Phi) is 5.25. The van der Waals surface area contributed by atoms with Gasteiger partial charge < -0.3 is 19.5 Å². The molecule has 0 radical (unpaired) electrons. The Bertz CT molecular complexity index is 625. The van der Waals surface area contributed by atoms with Crippen molar-refractivity contribution in [1.82, 2.24) is 0 Å². The van der Waals surface area contributed by atoms with Gasteiger partial charge in [0.25, 0.3) is 5.91 Å². The molecule has 22 heavy (non-hydrogen) atoms. The lowest BCUT2D eigenvalue weighted by Crippen LogP contribution is -2.30. The number of carbonyl (C=O) groups excluding carboxylic acids is 1. The Labute approximate surface area is 129 Å². The highest BCUT2D eigenvalue weighted by Crippen LogP contribution is 2.20. The minimum atomic E-state index is -0.630. The molecule has 2 aromatic carbocycles. The lowest BCUT2D eigenvalue weighted by Gasteiger charge is -2.15. The second-order valence-electron chi connectivity index (χ2n) is 4.66. The number of amides is 1. The highest BCUT2D eigenvalue weighted by Gasteiger charge is 2.15. The zero-order chi connectivity index (χ0) is 15.9. The summed E-state index contributed by atoms with van der Waals surface area (Å²) in [5.41, 5.74) is 0.687. The van der Waals surface area contributed by atoms with Gasteiger partial charge in [-0.1, -0.05) is 6.07 Å². The fourth-order valence-corrected chi connectivity index (χ4v) is 1.85. The van der Waals surface area contributed by atoms with Crippen molar-refractivity contribution in [3.63, 3.8) is 0 Å². The Balaban J connectivity index is 1.96. The summed E-state index contributed by atoms with van der Waals surface area (Å²) in [6, 6.07) is 14.2.